The molecule has 0 radical (unpaired) electrons. The number of methoxy groups -OCH3 is 1. The largest absolute Gasteiger partial charge is 0.497 e. The van der Waals surface area contributed by atoms with Crippen LogP contribution in [-0.4, -0.2) is 53.4 Å². The number of nitrogens with one attached hydrogen (secondary N) is 1. The number of aliphatic imine (C=N–C) groups is 1. The Hall–Kier alpha value is -3.79. The third-order valence-electron chi connectivity index (χ3n) is 7.95. The molecule has 0 aromatic heterocycles. The Balaban J connectivity index is 1.62. The number of ether oxygens (including phenoxy) is 1. The maximum atomic E-state index is 14.4. The Bertz CT molecular complexity index is 1500. The van der Waals surface area contributed by atoms with Gasteiger partial charge in [0.2, 0.25) is 5.91 Å². The average molecular weight is 557 g/mol. The molecule has 2 aromatic rings. The van der Waals surface area contributed by atoms with E-state index in [9.17, 15) is 22.8 Å². The van der Waals surface area contributed by atoms with Crippen molar-refractivity contribution in [2.45, 2.75) is 32.1 Å². The topological polar surface area (TPSA) is 74.2 Å². The molecule has 4 atom stereocenters. The van der Waals surface area contributed by atoms with Crippen LogP contribution in [0.3, 0.4) is 0 Å². The van der Waals surface area contributed by atoms with Gasteiger partial charge in [-0.15, -0.1) is 0 Å². The van der Waals surface area contributed by atoms with Gasteiger partial charge in [0.25, 0.3) is 0 Å². The Morgan fingerprint density at radius 1 is 1.15 bits per heavy atom. The summed E-state index contributed by atoms with van der Waals surface area (Å²) in [5, 5.41) is 3.15. The molecule has 3 heterocycles. The van der Waals surface area contributed by atoms with E-state index in [-0.39, 0.29) is 18.1 Å². The van der Waals surface area contributed by atoms with Gasteiger partial charge in [0, 0.05) is 27.8 Å². The van der Waals surface area contributed by atoms with E-state index >= 15 is 0 Å². The number of hydrogen-bond acceptors (Lipinski definition) is 4. The van der Waals surface area contributed by atoms with E-state index in [0.717, 1.165) is 0 Å². The third kappa shape index (κ3) is 3.76. The van der Waals surface area contributed by atoms with Crippen LogP contribution in [0.1, 0.15) is 31.0 Å². The Labute approximate surface area is 227 Å². The molecule has 39 heavy (non-hydrogen) atoms. The highest BCUT2D eigenvalue weighted by Crippen LogP contribution is 2.57. The molecule has 4 aliphatic rings. The second kappa shape index (κ2) is 8.61. The van der Waals surface area contributed by atoms with E-state index in [1.165, 1.54) is 29.9 Å². The number of benzene rings is 2. The zero-order valence-corrected chi connectivity index (χ0v) is 22.0. The van der Waals surface area contributed by atoms with Crippen LogP contribution in [0.15, 0.2) is 76.6 Å². The smallest absolute Gasteiger partial charge is 0.413 e. The van der Waals surface area contributed by atoms with Gasteiger partial charge in [-0.25, -0.2) is 4.79 Å². The lowest BCUT2D eigenvalue weighted by Gasteiger charge is -2.55. The first kappa shape index (κ1) is 25.5. The van der Waals surface area contributed by atoms with Crippen molar-refractivity contribution in [1.29, 1.82) is 0 Å². The van der Waals surface area contributed by atoms with Crippen LogP contribution in [0.25, 0.3) is 0 Å². The van der Waals surface area contributed by atoms with Crippen molar-refractivity contribution in [3.8, 4) is 5.75 Å². The van der Waals surface area contributed by atoms with Gasteiger partial charge >= 0.3 is 12.2 Å². The zero-order chi connectivity index (χ0) is 27.9. The molecule has 3 aliphatic heterocycles. The standard InChI is InChI=1S/C28H24ClF3N4O3/c1-14-19(28(30,31)32)12-27(2)23-21(14)33-20(37)13-35(23)26(38)36-24(27)22(15-7-9-17(29)10-8-15)34-25(36)16-5-4-6-18(11-16)39-3/h4-12,14,22,24H,13H2,1-3H3,(H,33,37). The number of rotatable bonds is 3. The van der Waals surface area contributed by atoms with Crippen molar-refractivity contribution in [2.75, 3.05) is 13.7 Å². The number of halogens is 4. The van der Waals surface area contributed by atoms with E-state index < -0.39 is 47.1 Å². The molecular formula is C28H24ClF3N4O3. The van der Waals surface area contributed by atoms with E-state index in [2.05, 4.69) is 5.32 Å². The molecule has 1 saturated heterocycles. The van der Waals surface area contributed by atoms with Crippen molar-refractivity contribution >= 4 is 29.4 Å². The quantitative estimate of drug-likeness (QED) is 0.512. The normalized spacial score (nSPS) is 28.0. The van der Waals surface area contributed by atoms with Crippen molar-refractivity contribution in [3.05, 3.63) is 87.7 Å². The number of alkyl halides is 3. The Kier molecular flexibility index (Phi) is 5.62. The average Bonchev–Trinajstić information content (AvgIpc) is 3.31. The number of allylic oxidation sites excluding steroid dienone is 1. The summed E-state index contributed by atoms with van der Waals surface area (Å²) in [6.45, 7) is 2.77. The second-order valence-electron chi connectivity index (χ2n) is 10.3. The Morgan fingerprint density at radius 2 is 1.87 bits per heavy atom. The van der Waals surface area contributed by atoms with Crippen LogP contribution in [0.4, 0.5) is 18.0 Å². The fraction of sp³-hybridized carbons (Fsp3) is 0.321. The number of amides is 3. The molecule has 11 heteroatoms. The van der Waals surface area contributed by atoms with Gasteiger partial charge in [0.05, 0.1) is 30.3 Å². The van der Waals surface area contributed by atoms with Crippen molar-refractivity contribution in [2.24, 2.45) is 16.3 Å². The van der Waals surface area contributed by atoms with Crippen molar-refractivity contribution < 1.29 is 27.5 Å². The lowest BCUT2D eigenvalue weighted by molar-refractivity contribution is -0.123. The highest BCUT2D eigenvalue weighted by atomic mass is 35.5. The van der Waals surface area contributed by atoms with Gasteiger partial charge in [0.15, 0.2) is 0 Å². The Morgan fingerprint density at radius 3 is 2.54 bits per heavy atom. The first-order valence-electron chi connectivity index (χ1n) is 12.4. The molecule has 1 N–H and O–H groups in total. The molecule has 0 spiro atoms. The number of carbonyl (C=O) groups excluding carboxylic acids is 2. The summed E-state index contributed by atoms with van der Waals surface area (Å²) in [5.41, 5.74) is -0.396. The molecule has 6 rings (SSSR count). The summed E-state index contributed by atoms with van der Waals surface area (Å²) in [6, 6.07) is 11.8. The van der Waals surface area contributed by atoms with Gasteiger partial charge in [-0.3, -0.25) is 19.6 Å². The van der Waals surface area contributed by atoms with Gasteiger partial charge in [-0.1, -0.05) is 48.9 Å². The molecule has 1 aliphatic carbocycles. The summed E-state index contributed by atoms with van der Waals surface area (Å²) < 4.78 is 48.6. The van der Waals surface area contributed by atoms with Crippen molar-refractivity contribution in [3.63, 3.8) is 0 Å². The summed E-state index contributed by atoms with van der Waals surface area (Å²) in [6.07, 6.45) is -3.43. The fourth-order valence-electron chi connectivity index (χ4n) is 6.27. The van der Waals surface area contributed by atoms with Crippen molar-refractivity contribution in [1.82, 2.24) is 15.1 Å². The molecule has 0 bridgehead atoms. The maximum absolute atomic E-state index is 14.4. The maximum Gasteiger partial charge on any atom is 0.413 e. The van der Waals surface area contributed by atoms with Crippen LogP contribution >= 0.6 is 11.6 Å². The summed E-state index contributed by atoms with van der Waals surface area (Å²) in [5.74, 6) is -0.889. The lowest BCUT2D eigenvalue weighted by Crippen LogP contribution is -2.67. The van der Waals surface area contributed by atoms with Gasteiger partial charge in [-0.2, -0.15) is 13.2 Å². The van der Waals surface area contributed by atoms with Crippen LogP contribution in [0.5, 0.6) is 5.75 Å². The van der Waals surface area contributed by atoms with Gasteiger partial charge in [0.1, 0.15) is 18.1 Å². The highest BCUT2D eigenvalue weighted by Gasteiger charge is 2.62. The van der Waals surface area contributed by atoms with Gasteiger partial charge < -0.3 is 10.1 Å². The first-order valence-corrected chi connectivity index (χ1v) is 12.7. The van der Waals surface area contributed by atoms with E-state index in [4.69, 9.17) is 21.3 Å². The SMILES string of the molecule is COc1cccc(C2=NC(c3ccc(Cl)cc3)C3N2C(=O)N2CC(=O)NC4=C2C3(C)C=C(C(F)(F)F)C4C)c1. The van der Waals surface area contributed by atoms with E-state index in [1.54, 1.807) is 55.5 Å². The van der Waals surface area contributed by atoms with Crippen LogP contribution < -0.4 is 10.1 Å². The summed E-state index contributed by atoms with van der Waals surface area (Å²) >= 11 is 6.14. The summed E-state index contributed by atoms with van der Waals surface area (Å²) in [4.78, 5) is 34.6. The number of nitrogens with zero attached hydrogens (tertiary/aromatic N) is 3. The lowest BCUT2D eigenvalue weighted by atomic mass is 9.65. The minimum absolute atomic E-state index is 0.0984. The van der Waals surface area contributed by atoms with Crippen LogP contribution in [0.2, 0.25) is 5.02 Å². The molecule has 1 fully saturated rings. The number of urea groups is 1. The molecular weight excluding hydrogens is 533 g/mol. The number of carbonyl (C=O) groups is 2. The van der Waals surface area contributed by atoms with Crippen LogP contribution in [-0.2, 0) is 4.79 Å². The molecule has 0 saturated carbocycles. The molecule has 202 valence electrons. The second-order valence-corrected chi connectivity index (χ2v) is 10.7. The minimum atomic E-state index is -4.65. The first-order chi connectivity index (χ1) is 18.4. The highest BCUT2D eigenvalue weighted by molar-refractivity contribution is 6.30. The number of amidine groups is 1. The zero-order valence-electron chi connectivity index (χ0n) is 21.2. The fourth-order valence-corrected chi connectivity index (χ4v) is 6.39. The number of fused-ring (bicyclic) bond motifs is 2. The molecule has 3 amide bonds. The summed E-state index contributed by atoms with van der Waals surface area (Å²) in [7, 11) is 1.51. The molecule has 4 unspecified atom stereocenters. The third-order valence-corrected chi connectivity index (χ3v) is 8.20. The number of hydrogen-bond donors (Lipinski definition) is 1. The van der Waals surface area contributed by atoms with E-state index in [1.807, 2.05) is 0 Å². The predicted molar refractivity (Wildman–Crippen MR) is 138 cm³/mol. The predicted octanol–water partition coefficient (Wildman–Crippen LogP) is 5.44. The minimum Gasteiger partial charge on any atom is -0.497 e. The van der Waals surface area contributed by atoms with Gasteiger partial charge in [-0.05, 0) is 36.8 Å². The molecule has 2 aromatic carbocycles. The van der Waals surface area contributed by atoms with Crippen LogP contribution in [0, 0.1) is 11.3 Å². The van der Waals surface area contributed by atoms with E-state index in [0.29, 0.717) is 27.6 Å². The molecule has 7 nitrogen and oxygen atoms in total. The monoisotopic (exact) mass is 556 g/mol.